The smallest absolute Gasteiger partial charge is 0.294 e. The van der Waals surface area contributed by atoms with E-state index in [1.807, 2.05) is 62.4 Å². The molecular formula is C25H22N8O3. The highest BCUT2D eigenvalue weighted by Gasteiger charge is 2.25. The summed E-state index contributed by atoms with van der Waals surface area (Å²) in [6.45, 7) is 4.18. The molecule has 0 aliphatic rings. The van der Waals surface area contributed by atoms with Crippen molar-refractivity contribution in [2.24, 2.45) is 5.10 Å². The lowest BCUT2D eigenvalue weighted by Gasteiger charge is -2.09. The van der Waals surface area contributed by atoms with Gasteiger partial charge in [-0.1, -0.05) is 53.7 Å². The van der Waals surface area contributed by atoms with Gasteiger partial charge in [-0.25, -0.2) is 10.1 Å². The van der Waals surface area contributed by atoms with Crippen LogP contribution in [-0.2, 0) is 0 Å². The van der Waals surface area contributed by atoms with Crippen LogP contribution in [0.4, 0.5) is 5.82 Å². The summed E-state index contributed by atoms with van der Waals surface area (Å²) in [6.07, 6.45) is 0. The first-order valence-corrected chi connectivity index (χ1v) is 11.2. The molecule has 3 N–H and O–H groups in total. The van der Waals surface area contributed by atoms with Gasteiger partial charge in [-0.3, -0.25) is 4.79 Å². The third-order valence-electron chi connectivity index (χ3n) is 5.49. The van der Waals surface area contributed by atoms with E-state index in [1.54, 1.807) is 18.2 Å². The number of carbonyl (C=O) groups is 1. The number of anilines is 1. The molecule has 0 atom stereocenters. The van der Waals surface area contributed by atoms with Crippen molar-refractivity contribution in [3.63, 3.8) is 0 Å². The molecule has 5 rings (SSSR count). The quantitative estimate of drug-likeness (QED) is 0.264. The van der Waals surface area contributed by atoms with Crippen molar-refractivity contribution in [2.45, 2.75) is 13.8 Å². The molecule has 0 aliphatic heterocycles. The average Bonchev–Trinajstić information content (AvgIpc) is 3.53. The Kier molecular flexibility index (Phi) is 6.10. The van der Waals surface area contributed by atoms with E-state index < -0.39 is 5.91 Å². The first-order valence-electron chi connectivity index (χ1n) is 11.2. The van der Waals surface area contributed by atoms with Crippen LogP contribution in [0.2, 0.25) is 0 Å². The van der Waals surface area contributed by atoms with Crippen molar-refractivity contribution >= 4 is 28.2 Å². The third-order valence-corrected chi connectivity index (χ3v) is 5.49. The Hall–Kier alpha value is -5.06. The lowest BCUT2D eigenvalue weighted by atomic mass is 10.0. The largest absolute Gasteiger partial charge is 0.494 e. The molecule has 11 heteroatoms. The molecule has 0 saturated heterocycles. The Balaban J connectivity index is 1.50. The highest BCUT2D eigenvalue weighted by atomic mass is 16.6. The summed E-state index contributed by atoms with van der Waals surface area (Å²) in [5.74, 6) is 0.159. The SMILES string of the molecule is CCOc1cccc(-c2c(C(=O)N/N=C(\C)c3ccc4ccccc4c3)nnn2-c2nonc2N)c1. The van der Waals surface area contributed by atoms with E-state index in [4.69, 9.17) is 15.1 Å². The first kappa shape index (κ1) is 22.7. The van der Waals surface area contributed by atoms with Gasteiger partial charge in [0.2, 0.25) is 11.6 Å². The minimum absolute atomic E-state index is 0.000703. The van der Waals surface area contributed by atoms with Gasteiger partial charge in [0, 0.05) is 5.56 Å². The minimum atomic E-state index is -0.562. The molecule has 0 saturated carbocycles. The van der Waals surface area contributed by atoms with Gasteiger partial charge in [-0.15, -0.1) is 5.10 Å². The first-order chi connectivity index (χ1) is 17.5. The number of nitrogens with one attached hydrogen (secondary N) is 1. The highest BCUT2D eigenvalue weighted by molar-refractivity contribution is 6.04. The normalized spacial score (nSPS) is 11.6. The fraction of sp³-hybridized carbons (Fsp3) is 0.120. The van der Waals surface area contributed by atoms with E-state index in [2.05, 4.69) is 31.2 Å². The number of aromatic nitrogens is 5. The topological polar surface area (TPSA) is 146 Å². The summed E-state index contributed by atoms with van der Waals surface area (Å²) in [7, 11) is 0. The van der Waals surface area contributed by atoms with Crippen LogP contribution >= 0.6 is 0 Å². The number of hydrazone groups is 1. The zero-order valence-electron chi connectivity index (χ0n) is 19.5. The van der Waals surface area contributed by atoms with Gasteiger partial charge in [-0.2, -0.15) is 9.78 Å². The van der Waals surface area contributed by atoms with Gasteiger partial charge < -0.3 is 10.5 Å². The molecule has 0 spiro atoms. The Labute approximate surface area is 205 Å². The molecule has 11 nitrogen and oxygen atoms in total. The van der Waals surface area contributed by atoms with Crippen LogP contribution in [0.5, 0.6) is 5.75 Å². The number of fused-ring (bicyclic) bond motifs is 1. The van der Waals surface area contributed by atoms with Crippen LogP contribution in [0, 0.1) is 0 Å². The summed E-state index contributed by atoms with van der Waals surface area (Å²) >= 11 is 0. The number of amides is 1. The Morgan fingerprint density at radius 2 is 1.92 bits per heavy atom. The van der Waals surface area contributed by atoms with E-state index in [0.29, 0.717) is 29.3 Å². The van der Waals surface area contributed by atoms with Crippen molar-refractivity contribution in [3.05, 3.63) is 78.0 Å². The van der Waals surface area contributed by atoms with Crippen LogP contribution in [-0.4, -0.2) is 43.5 Å². The Morgan fingerprint density at radius 3 is 2.69 bits per heavy atom. The van der Waals surface area contributed by atoms with Crippen LogP contribution < -0.4 is 15.9 Å². The fourth-order valence-corrected chi connectivity index (χ4v) is 3.75. The molecule has 2 aromatic heterocycles. The third kappa shape index (κ3) is 4.37. The lowest BCUT2D eigenvalue weighted by Crippen LogP contribution is -2.21. The van der Waals surface area contributed by atoms with Gasteiger partial charge in [-0.05, 0) is 58.7 Å². The summed E-state index contributed by atoms with van der Waals surface area (Å²) in [4.78, 5) is 13.2. The predicted molar refractivity (Wildman–Crippen MR) is 134 cm³/mol. The molecule has 3 aromatic carbocycles. The standard InChI is InChI=1S/C25H22N8O3/c1-3-35-20-10-6-9-19(14-20)22-21(28-32-33(22)24-23(26)30-36-31-24)25(34)29-27-15(2)17-12-11-16-7-4-5-8-18(16)13-17/h4-14H,3H2,1-2H3,(H2,26,30)(H,29,34)/b27-15+. The van der Waals surface area contributed by atoms with Gasteiger partial charge >= 0.3 is 0 Å². The molecule has 1 amide bonds. The number of carbonyl (C=O) groups excluding carboxylic acids is 1. The number of nitrogen functional groups attached to an aromatic ring is 1. The van der Waals surface area contributed by atoms with Crippen molar-refractivity contribution < 1.29 is 14.2 Å². The minimum Gasteiger partial charge on any atom is -0.494 e. The maximum absolute atomic E-state index is 13.2. The van der Waals surface area contributed by atoms with E-state index in [9.17, 15) is 4.79 Å². The number of nitrogens with zero attached hydrogens (tertiary/aromatic N) is 6. The summed E-state index contributed by atoms with van der Waals surface area (Å²) < 4.78 is 11.6. The van der Waals surface area contributed by atoms with Gasteiger partial charge in [0.05, 0.1) is 12.3 Å². The molecule has 0 fully saturated rings. The van der Waals surface area contributed by atoms with Gasteiger partial charge in [0.15, 0.2) is 5.69 Å². The zero-order chi connectivity index (χ0) is 25.1. The van der Waals surface area contributed by atoms with Crippen LogP contribution in [0.3, 0.4) is 0 Å². The molecule has 36 heavy (non-hydrogen) atoms. The Morgan fingerprint density at radius 1 is 1.08 bits per heavy atom. The van der Waals surface area contributed by atoms with Crippen LogP contribution in [0.25, 0.3) is 27.8 Å². The maximum atomic E-state index is 13.2. The van der Waals surface area contributed by atoms with Crippen LogP contribution in [0.15, 0.2) is 76.5 Å². The molecule has 0 aliphatic carbocycles. The number of hydrogen-bond acceptors (Lipinski definition) is 9. The molecule has 5 aromatic rings. The van der Waals surface area contributed by atoms with Crippen molar-refractivity contribution in [1.29, 1.82) is 0 Å². The molecule has 0 bridgehead atoms. The van der Waals surface area contributed by atoms with Gasteiger partial charge in [0.1, 0.15) is 11.4 Å². The number of nitrogens with two attached hydrogens (primary N) is 1. The van der Waals surface area contributed by atoms with Crippen LogP contribution in [0.1, 0.15) is 29.9 Å². The number of rotatable bonds is 7. The van der Waals surface area contributed by atoms with Crippen molar-refractivity contribution in [2.75, 3.05) is 12.3 Å². The van der Waals surface area contributed by atoms with E-state index >= 15 is 0 Å². The number of ether oxygens (including phenoxy) is 1. The van der Waals surface area contributed by atoms with Crippen molar-refractivity contribution in [1.82, 2.24) is 30.7 Å². The second-order valence-electron chi connectivity index (χ2n) is 7.83. The summed E-state index contributed by atoms with van der Waals surface area (Å²) in [5, 5.41) is 22.1. The molecule has 2 heterocycles. The second kappa shape index (κ2) is 9.66. The highest BCUT2D eigenvalue weighted by Crippen LogP contribution is 2.29. The molecule has 180 valence electrons. The van der Waals surface area contributed by atoms with E-state index in [-0.39, 0.29) is 17.3 Å². The summed E-state index contributed by atoms with van der Waals surface area (Å²) in [6, 6.07) is 21.2. The molecule has 0 unspecified atom stereocenters. The maximum Gasteiger partial charge on any atom is 0.294 e. The predicted octanol–water partition coefficient (Wildman–Crippen LogP) is 3.61. The lowest BCUT2D eigenvalue weighted by molar-refractivity contribution is 0.0950. The average molecular weight is 483 g/mol. The monoisotopic (exact) mass is 482 g/mol. The molecule has 0 radical (unpaired) electrons. The molecular weight excluding hydrogens is 460 g/mol. The van der Waals surface area contributed by atoms with E-state index in [1.165, 1.54) is 4.68 Å². The van der Waals surface area contributed by atoms with Crippen molar-refractivity contribution in [3.8, 4) is 22.8 Å². The zero-order valence-corrected chi connectivity index (χ0v) is 19.5. The second-order valence-corrected chi connectivity index (χ2v) is 7.83. The summed E-state index contributed by atoms with van der Waals surface area (Å²) in [5.41, 5.74) is 10.9. The fourth-order valence-electron chi connectivity index (χ4n) is 3.75. The van der Waals surface area contributed by atoms with Gasteiger partial charge in [0.25, 0.3) is 5.91 Å². The Bertz CT molecular complexity index is 1590. The number of hydrogen-bond donors (Lipinski definition) is 2. The van der Waals surface area contributed by atoms with E-state index in [0.717, 1.165) is 16.3 Å². The number of benzene rings is 3.